The summed E-state index contributed by atoms with van der Waals surface area (Å²) in [6, 6.07) is 5.66. The maximum absolute atomic E-state index is 11.1. The summed E-state index contributed by atoms with van der Waals surface area (Å²) in [6.07, 6.45) is 1.12. The summed E-state index contributed by atoms with van der Waals surface area (Å²) in [5.41, 5.74) is 1.98. The number of hydrogen-bond acceptors (Lipinski definition) is 2. The second kappa shape index (κ2) is 5.06. The van der Waals surface area contributed by atoms with E-state index < -0.39 is 0 Å². The molecule has 2 nitrogen and oxygen atoms in total. The second-order valence-corrected chi connectivity index (χ2v) is 3.39. The number of carbonyl (C=O) groups excluding carboxylic acids is 1. The highest BCUT2D eigenvalue weighted by Gasteiger charge is 2.10. The van der Waals surface area contributed by atoms with Crippen molar-refractivity contribution in [3.63, 3.8) is 0 Å². The number of hydrogen-bond donors (Lipinski definition) is 0. The molecule has 0 fully saturated rings. The Kier molecular flexibility index (Phi) is 4.02. The zero-order chi connectivity index (χ0) is 10.6. The van der Waals surface area contributed by atoms with Crippen molar-refractivity contribution in [3.8, 4) is 0 Å². The van der Waals surface area contributed by atoms with Gasteiger partial charge in [0.2, 0.25) is 0 Å². The van der Waals surface area contributed by atoms with Crippen molar-refractivity contribution in [2.24, 2.45) is 0 Å². The van der Waals surface area contributed by atoms with E-state index in [-0.39, 0.29) is 12.4 Å². The van der Waals surface area contributed by atoms with Crippen LogP contribution in [0.25, 0.3) is 0 Å². The van der Waals surface area contributed by atoms with Gasteiger partial charge in [-0.15, -0.1) is 0 Å². The van der Waals surface area contributed by atoms with Crippen LogP contribution in [0.4, 0.5) is 0 Å². The van der Waals surface area contributed by atoms with Crippen LogP contribution in [-0.2, 0) is 22.3 Å². The average molecular weight is 210 g/mol. The Morgan fingerprint density at radius 2 is 2.29 bits per heavy atom. The lowest BCUT2D eigenvalue weighted by Gasteiger charge is -2.08. The molecule has 0 aliphatic carbocycles. The SMILES string of the molecule is BCc1cccc(Cl)c1CC(=O)OC. The predicted octanol–water partition coefficient (Wildman–Crippen LogP) is 1.19. The summed E-state index contributed by atoms with van der Waals surface area (Å²) in [5, 5.41) is 0.634. The van der Waals surface area contributed by atoms with Gasteiger partial charge in [0.25, 0.3) is 0 Å². The molecule has 1 aromatic carbocycles. The van der Waals surface area contributed by atoms with Crippen molar-refractivity contribution < 1.29 is 9.53 Å². The Morgan fingerprint density at radius 1 is 1.57 bits per heavy atom. The van der Waals surface area contributed by atoms with E-state index in [0.717, 1.165) is 17.4 Å². The maximum Gasteiger partial charge on any atom is 0.310 e. The molecule has 1 aromatic rings. The van der Waals surface area contributed by atoms with Gasteiger partial charge < -0.3 is 4.74 Å². The molecule has 0 aliphatic heterocycles. The van der Waals surface area contributed by atoms with Crippen LogP contribution in [0, 0.1) is 0 Å². The van der Waals surface area contributed by atoms with E-state index in [4.69, 9.17) is 11.6 Å². The molecule has 4 heteroatoms. The largest absolute Gasteiger partial charge is 0.469 e. The van der Waals surface area contributed by atoms with Gasteiger partial charge in [0.05, 0.1) is 13.5 Å². The highest BCUT2D eigenvalue weighted by atomic mass is 35.5. The van der Waals surface area contributed by atoms with E-state index in [0.29, 0.717) is 5.02 Å². The topological polar surface area (TPSA) is 26.3 Å². The van der Waals surface area contributed by atoms with Crippen molar-refractivity contribution in [1.29, 1.82) is 0 Å². The predicted molar refractivity (Wildman–Crippen MR) is 59.4 cm³/mol. The quantitative estimate of drug-likeness (QED) is 0.553. The molecule has 0 aliphatic rings. The normalized spacial score (nSPS) is 9.86. The minimum absolute atomic E-state index is 0.249. The van der Waals surface area contributed by atoms with E-state index >= 15 is 0 Å². The van der Waals surface area contributed by atoms with Crippen molar-refractivity contribution >= 4 is 25.4 Å². The first-order valence-corrected chi connectivity index (χ1v) is 4.90. The molecule has 0 spiro atoms. The van der Waals surface area contributed by atoms with E-state index in [1.165, 1.54) is 7.11 Å². The molecule has 0 unspecified atom stereocenters. The fourth-order valence-corrected chi connectivity index (χ4v) is 1.61. The van der Waals surface area contributed by atoms with Crippen molar-refractivity contribution in [3.05, 3.63) is 34.3 Å². The van der Waals surface area contributed by atoms with Gasteiger partial charge in [-0.3, -0.25) is 4.79 Å². The minimum atomic E-state index is -0.257. The smallest absolute Gasteiger partial charge is 0.310 e. The van der Waals surface area contributed by atoms with Gasteiger partial charge in [-0.05, 0) is 11.6 Å². The fraction of sp³-hybridized carbons (Fsp3) is 0.300. The molecular weight excluding hydrogens is 198 g/mol. The number of methoxy groups -OCH3 is 1. The van der Waals surface area contributed by atoms with Gasteiger partial charge in [0, 0.05) is 5.02 Å². The summed E-state index contributed by atoms with van der Waals surface area (Å²) in [7, 11) is 3.41. The fourth-order valence-electron chi connectivity index (χ4n) is 1.35. The minimum Gasteiger partial charge on any atom is -0.469 e. The van der Waals surface area contributed by atoms with Crippen LogP contribution in [0.1, 0.15) is 11.1 Å². The van der Waals surface area contributed by atoms with E-state index in [2.05, 4.69) is 4.74 Å². The lowest BCUT2D eigenvalue weighted by Crippen LogP contribution is -2.07. The van der Waals surface area contributed by atoms with Gasteiger partial charge in [0.15, 0.2) is 0 Å². The van der Waals surface area contributed by atoms with Crippen LogP contribution in [0.15, 0.2) is 18.2 Å². The summed E-state index contributed by atoms with van der Waals surface area (Å²) in [4.78, 5) is 11.1. The van der Waals surface area contributed by atoms with Gasteiger partial charge in [-0.2, -0.15) is 0 Å². The molecular formula is C10H12BClO2. The molecule has 1 rings (SSSR count). The molecule has 14 heavy (non-hydrogen) atoms. The van der Waals surface area contributed by atoms with Crippen molar-refractivity contribution in [2.45, 2.75) is 12.7 Å². The Hall–Kier alpha value is -0.955. The molecule has 0 amide bonds. The lowest BCUT2D eigenvalue weighted by atomic mass is 9.92. The van der Waals surface area contributed by atoms with Gasteiger partial charge in [0.1, 0.15) is 7.85 Å². The van der Waals surface area contributed by atoms with Crippen molar-refractivity contribution in [1.82, 2.24) is 0 Å². The second-order valence-electron chi connectivity index (χ2n) is 2.98. The zero-order valence-corrected chi connectivity index (χ0v) is 9.10. The Labute approximate surface area is 89.6 Å². The number of carbonyl (C=O) groups is 1. The molecule has 0 N–H and O–H groups in total. The van der Waals surface area contributed by atoms with E-state index in [1.54, 1.807) is 6.07 Å². The third-order valence-corrected chi connectivity index (χ3v) is 2.50. The summed E-state index contributed by atoms with van der Waals surface area (Å²) < 4.78 is 4.61. The molecule has 0 aromatic heterocycles. The van der Waals surface area contributed by atoms with Gasteiger partial charge >= 0.3 is 5.97 Å². The van der Waals surface area contributed by atoms with Crippen LogP contribution in [0.3, 0.4) is 0 Å². The van der Waals surface area contributed by atoms with Gasteiger partial charge in [-0.25, -0.2) is 0 Å². The summed E-state index contributed by atoms with van der Waals surface area (Å²) >= 11 is 6.00. The molecule has 0 atom stereocenters. The number of ether oxygens (including phenoxy) is 1. The van der Waals surface area contributed by atoms with Crippen molar-refractivity contribution in [2.75, 3.05) is 7.11 Å². The average Bonchev–Trinajstić information content (AvgIpc) is 2.20. The molecule has 74 valence electrons. The van der Waals surface area contributed by atoms with E-state index in [1.807, 2.05) is 20.0 Å². The number of esters is 1. The molecule has 0 heterocycles. The first-order chi connectivity index (χ1) is 6.69. The first-order valence-electron chi connectivity index (χ1n) is 4.52. The number of halogens is 1. The zero-order valence-electron chi connectivity index (χ0n) is 8.34. The highest BCUT2D eigenvalue weighted by molar-refractivity contribution is 6.31. The Balaban J connectivity index is 2.98. The van der Waals surface area contributed by atoms with Crippen LogP contribution >= 0.6 is 11.6 Å². The standard InChI is InChI=1S/C10H12BClO2/c1-14-10(13)5-8-7(6-11)3-2-4-9(8)12/h2-4H,5-6,11H2,1H3. The first kappa shape index (κ1) is 11.1. The summed E-state index contributed by atoms with van der Waals surface area (Å²) in [6.45, 7) is 0. The Morgan fingerprint density at radius 3 is 2.86 bits per heavy atom. The maximum atomic E-state index is 11.1. The third kappa shape index (κ3) is 2.52. The van der Waals surface area contributed by atoms with Crippen LogP contribution in [0.5, 0.6) is 0 Å². The summed E-state index contributed by atoms with van der Waals surface area (Å²) in [5.74, 6) is -0.257. The molecule has 0 radical (unpaired) electrons. The number of benzene rings is 1. The molecule has 0 saturated carbocycles. The molecule has 0 saturated heterocycles. The third-order valence-electron chi connectivity index (χ3n) is 2.15. The highest BCUT2D eigenvalue weighted by Crippen LogP contribution is 2.20. The molecule has 0 bridgehead atoms. The van der Waals surface area contributed by atoms with E-state index in [9.17, 15) is 4.79 Å². The van der Waals surface area contributed by atoms with Crippen LogP contribution in [-0.4, -0.2) is 20.9 Å². The van der Waals surface area contributed by atoms with Gasteiger partial charge in [-0.1, -0.05) is 35.6 Å². The monoisotopic (exact) mass is 210 g/mol. The number of rotatable bonds is 3. The lowest BCUT2D eigenvalue weighted by molar-refractivity contribution is -0.139. The van der Waals surface area contributed by atoms with Crippen LogP contribution < -0.4 is 0 Å². The van der Waals surface area contributed by atoms with Crippen LogP contribution in [0.2, 0.25) is 5.02 Å². The Bertz CT molecular complexity index is 339.